The molecule has 1 aliphatic rings. The molecule has 0 aliphatic heterocycles. The quantitative estimate of drug-likeness (QED) is 0.785. The Kier molecular flexibility index (Phi) is 4.15. The average molecular weight is 248 g/mol. The number of halogens is 1. The second-order valence-electron chi connectivity index (χ2n) is 5.50. The second-order valence-corrected chi connectivity index (χ2v) is 5.50. The van der Waals surface area contributed by atoms with Gasteiger partial charge in [0, 0.05) is 12.3 Å². The van der Waals surface area contributed by atoms with Crippen LogP contribution in [0.2, 0.25) is 0 Å². The molecule has 1 aromatic rings. The van der Waals surface area contributed by atoms with Crippen molar-refractivity contribution >= 4 is 5.78 Å². The number of benzene rings is 1. The molecular weight excluding hydrogens is 227 g/mol. The molecule has 2 atom stereocenters. The molecule has 0 aromatic heterocycles. The summed E-state index contributed by atoms with van der Waals surface area (Å²) in [7, 11) is 0. The largest absolute Gasteiger partial charge is 0.299 e. The summed E-state index contributed by atoms with van der Waals surface area (Å²) < 4.78 is 13.2. The minimum absolute atomic E-state index is 0.206. The smallest absolute Gasteiger partial charge is 0.140 e. The van der Waals surface area contributed by atoms with E-state index in [9.17, 15) is 9.18 Å². The summed E-state index contributed by atoms with van der Waals surface area (Å²) in [5.41, 5.74) is 1.86. The molecule has 2 unspecified atom stereocenters. The molecule has 1 saturated carbocycles. The van der Waals surface area contributed by atoms with Gasteiger partial charge in [-0.1, -0.05) is 19.4 Å². The van der Waals surface area contributed by atoms with Crippen LogP contribution in [0.3, 0.4) is 0 Å². The van der Waals surface area contributed by atoms with Gasteiger partial charge in [-0.25, -0.2) is 4.39 Å². The first-order valence-electron chi connectivity index (χ1n) is 6.88. The molecule has 1 fully saturated rings. The van der Waals surface area contributed by atoms with E-state index in [4.69, 9.17) is 0 Å². The highest BCUT2D eigenvalue weighted by atomic mass is 19.1. The molecule has 98 valence electrons. The van der Waals surface area contributed by atoms with Crippen molar-refractivity contribution in [3.05, 3.63) is 35.1 Å². The molecular formula is C16H21FO. The predicted molar refractivity (Wildman–Crippen MR) is 71.0 cm³/mol. The van der Waals surface area contributed by atoms with Crippen molar-refractivity contribution in [3.8, 4) is 0 Å². The van der Waals surface area contributed by atoms with Crippen LogP contribution >= 0.6 is 0 Å². The van der Waals surface area contributed by atoms with E-state index in [2.05, 4.69) is 6.92 Å². The monoisotopic (exact) mass is 248 g/mol. The van der Waals surface area contributed by atoms with Crippen molar-refractivity contribution in [1.29, 1.82) is 0 Å². The number of hydrogen-bond acceptors (Lipinski definition) is 1. The number of rotatable bonds is 4. The highest BCUT2D eigenvalue weighted by Gasteiger charge is 2.28. The van der Waals surface area contributed by atoms with Crippen molar-refractivity contribution in [2.24, 2.45) is 11.8 Å². The first-order chi connectivity index (χ1) is 8.60. The van der Waals surface area contributed by atoms with E-state index in [0.29, 0.717) is 18.1 Å². The molecule has 1 aliphatic carbocycles. The summed E-state index contributed by atoms with van der Waals surface area (Å²) in [4.78, 5) is 12.2. The Hall–Kier alpha value is -1.18. The van der Waals surface area contributed by atoms with Crippen LogP contribution in [0.25, 0.3) is 0 Å². The zero-order chi connectivity index (χ0) is 13.1. The Balaban J connectivity index is 2.01. The zero-order valence-corrected chi connectivity index (χ0v) is 11.2. The van der Waals surface area contributed by atoms with Gasteiger partial charge in [-0.05, 0) is 55.4 Å². The van der Waals surface area contributed by atoms with E-state index in [-0.39, 0.29) is 11.7 Å². The lowest BCUT2D eigenvalue weighted by Gasteiger charge is -2.11. The molecule has 0 heterocycles. The van der Waals surface area contributed by atoms with Gasteiger partial charge in [0.15, 0.2) is 0 Å². The van der Waals surface area contributed by atoms with E-state index in [1.54, 1.807) is 6.07 Å². The van der Waals surface area contributed by atoms with Gasteiger partial charge in [0.1, 0.15) is 11.6 Å². The molecule has 2 heteroatoms. The van der Waals surface area contributed by atoms with Crippen molar-refractivity contribution in [2.75, 3.05) is 0 Å². The number of carbonyl (C=O) groups is 1. The summed E-state index contributed by atoms with van der Waals surface area (Å²) in [6.45, 7) is 4.12. The van der Waals surface area contributed by atoms with Crippen LogP contribution in [0.1, 0.15) is 43.7 Å². The maximum absolute atomic E-state index is 13.2. The van der Waals surface area contributed by atoms with E-state index in [1.165, 1.54) is 25.0 Å². The average Bonchev–Trinajstić information content (AvgIpc) is 2.82. The Morgan fingerprint density at radius 1 is 1.39 bits per heavy atom. The molecule has 2 rings (SSSR count). The summed E-state index contributed by atoms with van der Waals surface area (Å²) in [5, 5.41) is 0. The third kappa shape index (κ3) is 2.98. The van der Waals surface area contributed by atoms with Crippen LogP contribution in [-0.4, -0.2) is 5.78 Å². The van der Waals surface area contributed by atoms with E-state index >= 15 is 0 Å². The summed E-state index contributed by atoms with van der Waals surface area (Å²) in [6, 6.07) is 4.70. The third-order valence-corrected chi connectivity index (χ3v) is 4.25. The lowest BCUT2D eigenvalue weighted by Crippen LogP contribution is -2.15. The fourth-order valence-corrected chi connectivity index (χ4v) is 2.90. The summed E-state index contributed by atoms with van der Waals surface area (Å²) in [6.07, 6.45) is 4.79. The van der Waals surface area contributed by atoms with Crippen LogP contribution in [0.4, 0.5) is 4.39 Å². The molecule has 0 bridgehead atoms. The Morgan fingerprint density at radius 2 is 2.17 bits per heavy atom. The van der Waals surface area contributed by atoms with Crippen molar-refractivity contribution in [3.63, 3.8) is 0 Å². The molecule has 0 saturated heterocycles. The molecule has 0 N–H and O–H groups in total. The van der Waals surface area contributed by atoms with Gasteiger partial charge in [0.2, 0.25) is 0 Å². The minimum Gasteiger partial charge on any atom is -0.299 e. The third-order valence-electron chi connectivity index (χ3n) is 4.25. The van der Waals surface area contributed by atoms with Crippen molar-refractivity contribution in [2.45, 2.75) is 46.0 Å². The molecule has 0 spiro atoms. The van der Waals surface area contributed by atoms with E-state index in [0.717, 1.165) is 24.0 Å². The molecule has 1 aromatic carbocycles. The highest BCUT2D eigenvalue weighted by molar-refractivity contribution is 5.83. The Labute approximate surface area is 108 Å². The molecule has 18 heavy (non-hydrogen) atoms. The van der Waals surface area contributed by atoms with Crippen molar-refractivity contribution < 1.29 is 9.18 Å². The maximum atomic E-state index is 13.2. The van der Waals surface area contributed by atoms with E-state index in [1.807, 2.05) is 6.92 Å². The highest BCUT2D eigenvalue weighted by Crippen LogP contribution is 2.34. The van der Waals surface area contributed by atoms with Crippen LogP contribution in [-0.2, 0) is 11.2 Å². The van der Waals surface area contributed by atoms with Gasteiger partial charge in [0.05, 0.1) is 0 Å². The van der Waals surface area contributed by atoms with Gasteiger partial charge in [-0.2, -0.15) is 0 Å². The number of aryl methyl sites for hydroxylation is 1. The van der Waals surface area contributed by atoms with Gasteiger partial charge in [-0.15, -0.1) is 0 Å². The zero-order valence-electron chi connectivity index (χ0n) is 11.2. The van der Waals surface area contributed by atoms with Gasteiger partial charge < -0.3 is 0 Å². The normalized spacial score (nSPS) is 23.3. The van der Waals surface area contributed by atoms with Crippen LogP contribution in [0, 0.1) is 24.6 Å². The maximum Gasteiger partial charge on any atom is 0.140 e. The lowest BCUT2D eigenvalue weighted by atomic mass is 9.93. The minimum atomic E-state index is -0.249. The van der Waals surface area contributed by atoms with Gasteiger partial charge >= 0.3 is 0 Å². The molecule has 0 radical (unpaired) electrons. The van der Waals surface area contributed by atoms with Crippen LogP contribution < -0.4 is 0 Å². The number of Topliss-reactive ketones (excluding diaryl/α,β-unsaturated/α-hetero) is 1. The van der Waals surface area contributed by atoms with Gasteiger partial charge in [0.25, 0.3) is 0 Å². The summed E-state index contributed by atoms with van der Waals surface area (Å²) >= 11 is 0. The number of ketones is 1. The number of carbonyl (C=O) groups excluding carboxylic acids is 1. The molecule has 0 amide bonds. The topological polar surface area (TPSA) is 17.1 Å². The molecule has 1 nitrogen and oxygen atoms in total. The SMILES string of the molecule is CCC1CCC(C(=O)Cc2cc(F)ccc2C)C1. The van der Waals surface area contributed by atoms with E-state index < -0.39 is 0 Å². The predicted octanol–water partition coefficient (Wildman–Crippen LogP) is 4.07. The van der Waals surface area contributed by atoms with Crippen molar-refractivity contribution in [1.82, 2.24) is 0 Å². The lowest BCUT2D eigenvalue weighted by molar-refractivity contribution is -0.122. The standard InChI is InChI=1S/C16H21FO/c1-3-12-5-6-13(8-12)16(18)10-14-9-15(17)7-4-11(14)2/h4,7,9,12-13H,3,5-6,8,10H2,1-2H3. The number of hydrogen-bond donors (Lipinski definition) is 0. The Bertz CT molecular complexity index is 439. The first-order valence-corrected chi connectivity index (χ1v) is 6.88. The first kappa shape index (κ1) is 13.3. The fraction of sp³-hybridized carbons (Fsp3) is 0.562. The Morgan fingerprint density at radius 3 is 2.83 bits per heavy atom. The van der Waals surface area contributed by atoms with Gasteiger partial charge in [-0.3, -0.25) is 4.79 Å². The summed E-state index contributed by atoms with van der Waals surface area (Å²) in [5.74, 6) is 0.964. The second kappa shape index (κ2) is 5.64. The van der Waals surface area contributed by atoms with Crippen LogP contribution in [0.5, 0.6) is 0 Å². The van der Waals surface area contributed by atoms with Crippen LogP contribution in [0.15, 0.2) is 18.2 Å². The fourth-order valence-electron chi connectivity index (χ4n) is 2.90.